The summed E-state index contributed by atoms with van der Waals surface area (Å²) in [4.78, 5) is 25.1. The van der Waals surface area contributed by atoms with Crippen molar-refractivity contribution in [2.45, 2.75) is 13.0 Å². The highest BCUT2D eigenvalue weighted by Crippen LogP contribution is 2.17. The van der Waals surface area contributed by atoms with Crippen molar-refractivity contribution >= 4 is 5.97 Å². The minimum absolute atomic E-state index is 0.173. The van der Waals surface area contributed by atoms with Gasteiger partial charge in [0, 0.05) is 30.8 Å². The standard InChI is InChI=1S/C10H9N3O3/c11-3-5-8(10(15)16)6-4-12-2-1-7(6)13-9(5)14/h12H,1-2,4H2,(H,13,14)(H,15,16). The van der Waals surface area contributed by atoms with Crippen LogP contribution in [0.1, 0.15) is 27.2 Å². The van der Waals surface area contributed by atoms with Crippen LogP contribution in [0.4, 0.5) is 0 Å². The molecule has 0 radical (unpaired) electrons. The van der Waals surface area contributed by atoms with Gasteiger partial charge < -0.3 is 15.4 Å². The van der Waals surface area contributed by atoms with Crippen LogP contribution in [-0.4, -0.2) is 22.6 Å². The predicted molar refractivity (Wildman–Crippen MR) is 54.1 cm³/mol. The first-order valence-electron chi connectivity index (χ1n) is 4.77. The molecule has 1 aromatic heterocycles. The lowest BCUT2D eigenvalue weighted by Gasteiger charge is -2.18. The van der Waals surface area contributed by atoms with E-state index >= 15 is 0 Å². The minimum atomic E-state index is -1.23. The second kappa shape index (κ2) is 3.79. The van der Waals surface area contributed by atoms with Crippen LogP contribution in [0.25, 0.3) is 0 Å². The highest BCUT2D eigenvalue weighted by atomic mass is 16.4. The number of nitrogens with one attached hydrogen (secondary N) is 2. The molecular formula is C10H9N3O3. The van der Waals surface area contributed by atoms with Crippen LogP contribution in [0.15, 0.2) is 4.79 Å². The van der Waals surface area contributed by atoms with E-state index in [1.54, 1.807) is 6.07 Å². The van der Waals surface area contributed by atoms with Gasteiger partial charge in [0.25, 0.3) is 5.56 Å². The van der Waals surface area contributed by atoms with E-state index in [9.17, 15) is 9.59 Å². The van der Waals surface area contributed by atoms with Gasteiger partial charge in [-0.3, -0.25) is 4.79 Å². The first-order chi connectivity index (χ1) is 7.65. The van der Waals surface area contributed by atoms with Crippen LogP contribution in [0.3, 0.4) is 0 Å². The summed E-state index contributed by atoms with van der Waals surface area (Å²) in [7, 11) is 0. The van der Waals surface area contributed by atoms with Crippen LogP contribution in [-0.2, 0) is 13.0 Å². The molecule has 0 fully saturated rings. The average Bonchev–Trinajstić information content (AvgIpc) is 2.26. The number of hydrogen-bond acceptors (Lipinski definition) is 4. The third-order valence-electron chi connectivity index (χ3n) is 2.59. The Bertz CT molecular complexity index is 554. The van der Waals surface area contributed by atoms with Gasteiger partial charge >= 0.3 is 5.97 Å². The summed E-state index contributed by atoms with van der Waals surface area (Å²) in [6, 6.07) is 1.64. The summed E-state index contributed by atoms with van der Waals surface area (Å²) in [5.74, 6) is -1.23. The lowest BCUT2D eigenvalue weighted by atomic mass is 9.97. The van der Waals surface area contributed by atoms with Crippen molar-refractivity contribution < 1.29 is 9.90 Å². The molecule has 1 aliphatic heterocycles. The van der Waals surface area contributed by atoms with Gasteiger partial charge in [-0.2, -0.15) is 5.26 Å². The maximum absolute atomic E-state index is 11.5. The maximum atomic E-state index is 11.5. The monoisotopic (exact) mass is 219 g/mol. The minimum Gasteiger partial charge on any atom is -0.478 e. The molecule has 0 bridgehead atoms. The van der Waals surface area contributed by atoms with Gasteiger partial charge in [0.15, 0.2) is 0 Å². The molecule has 0 unspecified atom stereocenters. The Morgan fingerprint density at radius 2 is 2.25 bits per heavy atom. The number of rotatable bonds is 1. The van der Waals surface area contributed by atoms with Gasteiger partial charge in [-0.05, 0) is 0 Å². The summed E-state index contributed by atoms with van der Waals surface area (Å²) in [5.41, 5.74) is -0.000926. The lowest BCUT2D eigenvalue weighted by Crippen LogP contribution is -2.31. The zero-order valence-electron chi connectivity index (χ0n) is 8.33. The van der Waals surface area contributed by atoms with E-state index in [0.29, 0.717) is 30.8 Å². The number of aromatic carboxylic acids is 1. The fourth-order valence-electron chi connectivity index (χ4n) is 1.87. The van der Waals surface area contributed by atoms with Crippen molar-refractivity contribution in [1.29, 1.82) is 5.26 Å². The molecule has 0 aliphatic carbocycles. The Balaban J connectivity index is 2.80. The number of nitriles is 1. The Hall–Kier alpha value is -2.13. The van der Waals surface area contributed by atoms with Crippen molar-refractivity contribution in [2.75, 3.05) is 6.54 Å². The molecule has 1 aromatic rings. The quantitative estimate of drug-likeness (QED) is 0.595. The molecular weight excluding hydrogens is 210 g/mol. The van der Waals surface area contributed by atoms with Gasteiger partial charge in [0.1, 0.15) is 11.6 Å². The van der Waals surface area contributed by atoms with Crippen LogP contribution in [0, 0.1) is 11.3 Å². The Morgan fingerprint density at radius 1 is 1.50 bits per heavy atom. The zero-order valence-corrected chi connectivity index (χ0v) is 8.33. The third-order valence-corrected chi connectivity index (χ3v) is 2.59. The maximum Gasteiger partial charge on any atom is 0.337 e. The van der Waals surface area contributed by atoms with Crippen LogP contribution < -0.4 is 10.9 Å². The molecule has 1 aliphatic rings. The SMILES string of the molecule is N#Cc1c(C(=O)O)c2c([nH]c1=O)CCNC2. The Morgan fingerprint density at radius 3 is 2.88 bits per heavy atom. The first-order valence-corrected chi connectivity index (χ1v) is 4.77. The summed E-state index contributed by atoms with van der Waals surface area (Å²) in [6.07, 6.45) is 0.566. The molecule has 3 N–H and O–H groups in total. The first kappa shape index (κ1) is 10.4. The van der Waals surface area contributed by atoms with E-state index < -0.39 is 11.5 Å². The van der Waals surface area contributed by atoms with Crippen molar-refractivity contribution in [2.24, 2.45) is 0 Å². The summed E-state index contributed by atoms with van der Waals surface area (Å²) < 4.78 is 0. The van der Waals surface area contributed by atoms with Crippen LogP contribution >= 0.6 is 0 Å². The molecule has 2 heterocycles. The van der Waals surface area contributed by atoms with E-state index in [1.807, 2.05) is 0 Å². The summed E-state index contributed by atoms with van der Waals surface area (Å²) in [6.45, 7) is 1.05. The molecule has 16 heavy (non-hydrogen) atoms. The smallest absolute Gasteiger partial charge is 0.337 e. The van der Waals surface area contributed by atoms with E-state index in [1.165, 1.54) is 0 Å². The number of pyridine rings is 1. The molecule has 2 rings (SSSR count). The molecule has 0 amide bonds. The predicted octanol–water partition coefficient (Wildman–Crippen LogP) is -0.410. The second-order valence-electron chi connectivity index (χ2n) is 3.50. The topological polar surface area (TPSA) is 106 Å². The Kier molecular flexibility index (Phi) is 2.46. The molecule has 0 spiro atoms. The number of nitrogens with zero attached hydrogens (tertiary/aromatic N) is 1. The van der Waals surface area contributed by atoms with Gasteiger partial charge in [0.2, 0.25) is 0 Å². The molecule has 0 saturated heterocycles. The number of carboxylic acid groups (broad SMARTS) is 1. The van der Waals surface area contributed by atoms with Gasteiger partial charge in [0.05, 0.1) is 5.56 Å². The molecule has 0 saturated carbocycles. The van der Waals surface area contributed by atoms with Crippen molar-refractivity contribution in [1.82, 2.24) is 10.3 Å². The largest absolute Gasteiger partial charge is 0.478 e. The van der Waals surface area contributed by atoms with E-state index in [2.05, 4.69) is 10.3 Å². The summed E-state index contributed by atoms with van der Waals surface area (Å²) >= 11 is 0. The number of aromatic nitrogens is 1. The molecule has 0 atom stereocenters. The van der Waals surface area contributed by atoms with Gasteiger partial charge in [-0.25, -0.2) is 4.79 Å². The van der Waals surface area contributed by atoms with Gasteiger partial charge in [-0.15, -0.1) is 0 Å². The highest BCUT2D eigenvalue weighted by Gasteiger charge is 2.23. The normalized spacial score (nSPS) is 13.9. The number of hydrogen-bond donors (Lipinski definition) is 3. The molecule has 6 heteroatoms. The molecule has 6 nitrogen and oxygen atoms in total. The third kappa shape index (κ3) is 1.47. The van der Waals surface area contributed by atoms with E-state index in [4.69, 9.17) is 10.4 Å². The number of fused-ring (bicyclic) bond motifs is 1. The number of H-pyrrole nitrogens is 1. The van der Waals surface area contributed by atoms with Crippen molar-refractivity contribution in [3.05, 3.63) is 32.7 Å². The molecule has 0 aromatic carbocycles. The number of carbonyl (C=O) groups is 1. The number of carboxylic acids is 1. The molecule has 82 valence electrons. The van der Waals surface area contributed by atoms with Crippen molar-refractivity contribution in [3.8, 4) is 6.07 Å². The highest BCUT2D eigenvalue weighted by molar-refractivity contribution is 5.92. The van der Waals surface area contributed by atoms with Crippen LogP contribution in [0.5, 0.6) is 0 Å². The fourth-order valence-corrected chi connectivity index (χ4v) is 1.87. The summed E-state index contributed by atoms with van der Waals surface area (Å²) in [5, 5.41) is 20.9. The van der Waals surface area contributed by atoms with E-state index in [0.717, 1.165) is 0 Å². The second-order valence-corrected chi connectivity index (χ2v) is 3.50. The number of aromatic amines is 1. The zero-order chi connectivity index (χ0) is 11.7. The van der Waals surface area contributed by atoms with E-state index in [-0.39, 0.29) is 11.1 Å². The van der Waals surface area contributed by atoms with Crippen molar-refractivity contribution in [3.63, 3.8) is 0 Å². The Labute approximate surface area is 90.5 Å². The lowest BCUT2D eigenvalue weighted by molar-refractivity contribution is 0.0694. The average molecular weight is 219 g/mol. The van der Waals surface area contributed by atoms with Gasteiger partial charge in [-0.1, -0.05) is 0 Å². The fraction of sp³-hybridized carbons (Fsp3) is 0.300. The van der Waals surface area contributed by atoms with Crippen LogP contribution in [0.2, 0.25) is 0 Å².